The van der Waals surface area contributed by atoms with Gasteiger partial charge in [-0.25, -0.2) is 9.07 Å². The fraction of sp³-hybridized carbons (Fsp3) is 0.303. The molecule has 3 aromatic carbocycles. The molecule has 0 radical (unpaired) electrons. The molecule has 2 aliphatic rings. The first kappa shape index (κ1) is 30.5. The van der Waals surface area contributed by atoms with E-state index in [-0.39, 0.29) is 12.1 Å². The molecule has 1 saturated heterocycles. The molecular formula is C33H31F4N5O3. The Labute approximate surface area is 257 Å². The average molecular weight is 622 g/mol. The highest BCUT2D eigenvalue weighted by Crippen LogP contribution is 2.44. The number of carbonyl (C=O) groups excluding carboxylic acids is 2. The molecule has 3 heterocycles. The summed E-state index contributed by atoms with van der Waals surface area (Å²) in [6, 6.07) is 17.9. The topological polar surface area (TPSA) is 79.7 Å². The summed E-state index contributed by atoms with van der Waals surface area (Å²) in [5, 5.41) is 7.77. The third-order valence-electron chi connectivity index (χ3n) is 8.17. The van der Waals surface area contributed by atoms with Crippen LogP contribution in [-0.4, -0.2) is 65.4 Å². The molecule has 0 spiro atoms. The van der Waals surface area contributed by atoms with Gasteiger partial charge in [0.25, 0.3) is 11.8 Å². The Kier molecular flexibility index (Phi) is 8.43. The second-order valence-corrected chi connectivity index (χ2v) is 11.0. The maximum absolute atomic E-state index is 14.3. The van der Waals surface area contributed by atoms with Crippen molar-refractivity contribution in [1.29, 1.82) is 0 Å². The third kappa shape index (κ3) is 6.07. The molecule has 0 unspecified atom stereocenters. The predicted molar refractivity (Wildman–Crippen MR) is 159 cm³/mol. The zero-order valence-corrected chi connectivity index (χ0v) is 24.4. The largest absolute Gasteiger partial charge is 0.416 e. The number of hydrogen-bond donors (Lipinski definition) is 1. The molecule has 2 amide bonds. The number of halogens is 4. The van der Waals surface area contributed by atoms with Crippen LogP contribution >= 0.6 is 0 Å². The Morgan fingerprint density at radius 1 is 1.00 bits per heavy atom. The van der Waals surface area contributed by atoms with Gasteiger partial charge in [-0.05, 0) is 55.0 Å². The van der Waals surface area contributed by atoms with E-state index in [4.69, 9.17) is 9.84 Å². The number of para-hydroxylation sites is 1. The van der Waals surface area contributed by atoms with E-state index in [2.05, 4.69) is 10.2 Å². The molecule has 6 rings (SSSR count). The van der Waals surface area contributed by atoms with Gasteiger partial charge in [0.05, 0.1) is 30.2 Å². The van der Waals surface area contributed by atoms with E-state index in [0.29, 0.717) is 55.5 Å². The molecule has 0 bridgehead atoms. The standard InChI is InChI=1S/C33H31F4N5O3/c1-2-41-31-28(26(20-40-15-17-45-18-16-40)39-42(31)25-9-4-3-5-10-25)27(21-11-13-24(34)14-12-21)29(32(41)44)38-30(43)22-7-6-8-23(19-22)33(35,36)37/h3-14,19,27,29H,2,15-18,20H2,1H3,(H,38,43)/t27-,29-/m0/s1. The summed E-state index contributed by atoms with van der Waals surface area (Å²) in [5.74, 6) is -2.07. The maximum atomic E-state index is 14.3. The fourth-order valence-corrected chi connectivity index (χ4v) is 6.00. The first-order chi connectivity index (χ1) is 21.7. The van der Waals surface area contributed by atoms with Gasteiger partial charge < -0.3 is 10.1 Å². The van der Waals surface area contributed by atoms with E-state index >= 15 is 0 Å². The fourth-order valence-electron chi connectivity index (χ4n) is 6.00. The van der Waals surface area contributed by atoms with Crippen LogP contribution in [0.25, 0.3) is 5.69 Å². The Morgan fingerprint density at radius 3 is 2.38 bits per heavy atom. The maximum Gasteiger partial charge on any atom is 0.416 e. The van der Waals surface area contributed by atoms with Gasteiger partial charge in [-0.15, -0.1) is 0 Å². The molecule has 1 N–H and O–H groups in total. The number of anilines is 1. The number of carbonyl (C=O) groups is 2. The number of rotatable bonds is 7. The van der Waals surface area contributed by atoms with Gasteiger partial charge in [0, 0.05) is 43.2 Å². The van der Waals surface area contributed by atoms with Crippen LogP contribution in [0.4, 0.5) is 23.4 Å². The summed E-state index contributed by atoms with van der Waals surface area (Å²) < 4.78 is 61.8. The number of nitrogens with one attached hydrogen (secondary N) is 1. The Morgan fingerprint density at radius 2 is 1.71 bits per heavy atom. The van der Waals surface area contributed by atoms with E-state index in [0.717, 1.165) is 23.9 Å². The first-order valence-corrected chi connectivity index (χ1v) is 14.7. The molecule has 234 valence electrons. The summed E-state index contributed by atoms with van der Waals surface area (Å²) >= 11 is 0. The Balaban J connectivity index is 1.52. The van der Waals surface area contributed by atoms with Crippen molar-refractivity contribution in [2.45, 2.75) is 31.6 Å². The monoisotopic (exact) mass is 621 g/mol. The van der Waals surface area contributed by atoms with Crippen LogP contribution in [0.1, 0.15) is 45.6 Å². The van der Waals surface area contributed by atoms with Crippen molar-refractivity contribution in [3.63, 3.8) is 0 Å². The lowest BCUT2D eigenvalue weighted by atomic mass is 9.80. The molecule has 1 fully saturated rings. The molecule has 0 saturated carbocycles. The lowest BCUT2D eigenvalue weighted by Gasteiger charge is -2.39. The summed E-state index contributed by atoms with van der Waals surface area (Å²) in [7, 11) is 0. The molecule has 0 aliphatic carbocycles. The Hall–Kier alpha value is -4.55. The minimum atomic E-state index is -4.65. The second kappa shape index (κ2) is 12.4. The SMILES string of the molecule is CCN1C(=O)[C@@H](NC(=O)c2cccc(C(F)(F)F)c2)[C@@H](c2ccc(F)cc2)c2c(CN3CCOCC3)nn(-c3ccccc3)c21. The van der Waals surface area contributed by atoms with Gasteiger partial charge >= 0.3 is 6.18 Å². The zero-order chi connectivity index (χ0) is 31.7. The summed E-state index contributed by atoms with van der Waals surface area (Å²) in [5.41, 5.74) is 1.39. The van der Waals surface area contributed by atoms with Gasteiger partial charge in [0.15, 0.2) is 0 Å². The van der Waals surface area contributed by atoms with Crippen LogP contribution in [-0.2, 0) is 22.3 Å². The van der Waals surface area contributed by atoms with Gasteiger partial charge in [0.1, 0.15) is 17.7 Å². The van der Waals surface area contributed by atoms with Crippen molar-refractivity contribution in [1.82, 2.24) is 20.0 Å². The number of hydrogen-bond acceptors (Lipinski definition) is 5. The van der Waals surface area contributed by atoms with Gasteiger partial charge in [-0.3, -0.25) is 19.4 Å². The van der Waals surface area contributed by atoms with Crippen molar-refractivity contribution >= 4 is 17.6 Å². The van der Waals surface area contributed by atoms with E-state index in [9.17, 15) is 27.2 Å². The van der Waals surface area contributed by atoms with Crippen molar-refractivity contribution < 1.29 is 31.9 Å². The van der Waals surface area contributed by atoms with E-state index in [1.165, 1.54) is 23.1 Å². The summed E-state index contributed by atoms with van der Waals surface area (Å²) in [6.45, 7) is 4.89. The molecule has 2 aliphatic heterocycles. The highest BCUT2D eigenvalue weighted by Gasteiger charge is 2.46. The number of likely N-dealkylation sites (N-methyl/N-ethyl adjacent to an activating group) is 1. The van der Waals surface area contributed by atoms with E-state index < -0.39 is 41.3 Å². The van der Waals surface area contributed by atoms with E-state index in [1.807, 2.05) is 30.3 Å². The first-order valence-electron chi connectivity index (χ1n) is 14.7. The van der Waals surface area contributed by atoms with Crippen molar-refractivity contribution in [2.24, 2.45) is 0 Å². The van der Waals surface area contributed by atoms with Crippen molar-refractivity contribution in [3.05, 3.63) is 113 Å². The lowest BCUT2D eigenvalue weighted by Crippen LogP contribution is -2.55. The number of fused-ring (bicyclic) bond motifs is 1. The van der Waals surface area contributed by atoms with Crippen molar-refractivity contribution in [3.8, 4) is 5.69 Å². The smallest absolute Gasteiger partial charge is 0.379 e. The minimum absolute atomic E-state index is 0.230. The minimum Gasteiger partial charge on any atom is -0.379 e. The molecule has 12 heteroatoms. The van der Waals surface area contributed by atoms with Crippen LogP contribution < -0.4 is 10.2 Å². The number of aromatic nitrogens is 2. The number of amides is 2. The van der Waals surface area contributed by atoms with Crippen LogP contribution in [0.15, 0.2) is 78.9 Å². The molecule has 45 heavy (non-hydrogen) atoms. The quantitative estimate of drug-likeness (QED) is 0.289. The van der Waals surface area contributed by atoms with E-state index in [1.54, 1.807) is 23.7 Å². The normalized spacial score (nSPS) is 19.0. The number of morpholine rings is 1. The average Bonchev–Trinajstić information content (AvgIpc) is 3.40. The van der Waals surface area contributed by atoms with Crippen LogP contribution in [0.3, 0.4) is 0 Å². The highest BCUT2D eigenvalue weighted by atomic mass is 19.4. The summed E-state index contributed by atoms with van der Waals surface area (Å²) in [6.07, 6.45) is -4.65. The molecule has 1 aromatic heterocycles. The molecule has 2 atom stereocenters. The summed E-state index contributed by atoms with van der Waals surface area (Å²) in [4.78, 5) is 31.6. The molecule has 4 aromatic rings. The zero-order valence-electron chi connectivity index (χ0n) is 24.4. The number of benzene rings is 3. The van der Waals surface area contributed by atoms with Gasteiger partial charge in [0.2, 0.25) is 0 Å². The molecule has 8 nitrogen and oxygen atoms in total. The van der Waals surface area contributed by atoms with Crippen molar-refractivity contribution in [2.75, 3.05) is 37.7 Å². The van der Waals surface area contributed by atoms with Gasteiger partial charge in [-0.1, -0.05) is 36.4 Å². The number of ether oxygens (including phenoxy) is 1. The highest BCUT2D eigenvalue weighted by molar-refractivity contribution is 6.05. The predicted octanol–water partition coefficient (Wildman–Crippen LogP) is 5.16. The van der Waals surface area contributed by atoms with Crippen LogP contribution in [0.2, 0.25) is 0 Å². The Bertz CT molecular complexity index is 1680. The number of nitrogens with zero attached hydrogens (tertiary/aromatic N) is 4. The van der Waals surface area contributed by atoms with Gasteiger partial charge in [-0.2, -0.15) is 18.3 Å². The second-order valence-electron chi connectivity index (χ2n) is 11.0. The number of alkyl halides is 3. The van der Waals surface area contributed by atoms with Crippen LogP contribution in [0.5, 0.6) is 0 Å². The van der Waals surface area contributed by atoms with Crippen LogP contribution in [0, 0.1) is 5.82 Å². The lowest BCUT2D eigenvalue weighted by molar-refractivity contribution is -0.137. The third-order valence-corrected chi connectivity index (χ3v) is 8.17. The molecular weight excluding hydrogens is 590 g/mol.